The minimum atomic E-state index is -5.01. The van der Waals surface area contributed by atoms with Crippen LogP contribution in [0, 0.1) is 0 Å². The monoisotopic (exact) mass is 498 g/mol. The molecule has 5 nitrogen and oxygen atoms in total. The number of amides is 1. The molecule has 1 heterocycles. The van der Waals surface area contributed by atoms with Gasteiger partial charge in [0.2, 0.25) is 0 Å². The summed E-state index contributed by atoms with van der Waals surface area (Å²) in [6, 6.07) is 19.6. The summed E-state index contributed by atoms with van der Waals surface area (Å²) in [5.74, 6) is -0.678. The maximum atomic E-state index is 13.5. The number of methoxy groups -OCH3 is 1. The smallest absolute Gasteiger partial charge is 0.471 e. The van der Waals surface area contributed by atoms with Crippen LogP contribution in [0.15, 0.2) is 72.9 Å². The molecule has 1 aromatic heterocycles. The molecule has 0 unspecified atom stereocenters. The number of hydrogen-bond donors (Lipinski definition) is 0. The van der Waals surface area contributed by atoms with Gasteiger partial charge < -0.3 is 9.47 Å². The van der Waals surface area contributed by atoms with Gasteiger partial charge in [-0.2, -0.15) is 13.2 Å². The number of para-hydroxylation sites is 1. The van der Waals surface area contributed by atoms with E-state index < -0.39 is 12.1 Å². The van der Waals surface area contributed by atoms with E-state index in [-0.39, 0.29) is 24.9 Å². The predicted molar refractivity (Wildman–Crippen MR) is 131 cm³/mol. The normalized spacial score (nSPS) is 18.0. The summed E-state index contributed by atoms with van der Waals surface area (Å²) in [6.45, 7) is -0.196. The van der Waals surface area contributed by atoms with Crippen molar-refractivity contribution in [1.82, 2.24) is 4.98 Å². The van der Waals surface area contributed by atoms with Crippen LogP contribution in [-0.4, -0.2) is 30.3 Å². The molecule has 1 aliphatic rings. The molecule has 1 saturated carbocycles. The molecule has 0 spiro atoms. The van der Waals surface area contributed by atoms with Crippen molar-refractivity contribution in [3.8, 4) is 5.75 Å². The van der Waals surface area contributed by atoms with Gasteiger partial charge in [0.05, 0.1) is 37.7 Å². The van der Waals surface area contributed by atoms with Gasteiger partial charge in [0.25, 0.3) is 0 Å². The van der Waals surface area contributed by atoms with Crippen molar-refractivity contribution in [1.29, 1.82) is 0 Å². The van der Waals surface area contributed by atoms with Crippen molar-refractivity contribution in [2.75, 3.05) is 12.0 Å². The van der Waals surface area contributed by atoms with Gasteiger partial charge in [-0.1, -0.05) is 48.5 Å². The molecule has 0 bridgehead atoms. The Morgan fingerprint density at radius 1 is 0.972 bits per heavy atom. The van der Waals surface area contributed by atoms with Gasteiger partial charge in [0.1, 0.15) is 5.75 Å². The number of halogens is 3. The molecule has 0 N–H and O–H groups in total. The molecule has 1 aliphatic carbocycles. The van der Waals surface area contributed by atoms with Crippen molar-refractivity contribution >= 4 is 11.6 Å². The van der Waals surface area contributed by atoms with E-state index in [2.05, 4.69) is 11.1 Å². The molecular weight excluding hydrogens is 469 g/mol. The zero-order valence-corrected chi connectivity index (χ0v) is 20.1. The average molecular weight is 499 g/mol. The first kappa shape index (κ1) is 25.7. The SMILES string of the molecule is COc1ccccc1C1CCC(OCc2ncccc2N(Cc2ccccc2)C(=O)C(F)(F)F)CC1. The molecule has 8 heteroatoms. The minimum Gasteiger partial charge on any atom is -0.496 e. The summed E-state index contributed by atoms with van der Waals surface area (Å²) in [7, 11) is 1.67. The molecule has 0 saturated heterocycles. The maximum Gasteiger partial charge on any atom is 0.471 e. The number of hydrogen-bond acceptors (Lipinski definition) is 4. The van der Waals surface area contributed by atoms with Crippen LogP contribution in [0.3, 0.4) is 0 Å². The lowest BCUT2D eigenvalue weighted by molar-refractivity contribution is -0.170. The lowest BCUT2D eigenvalue weighted by atomic mass is 9.82. The zero-order chi connectivity index (χ0) is 25.5. The van der Waals surface area contributed by atoms with Gasteiger partial charge in [-0.3, -0.25) is 14.7 Å². The summed E-state index contributed by atoms with van der Waals surface area (Å²) < 4.78 is 52.0. The first-order valence-electron chi connectivity index (χ1n) is 12.0. The highest BCUT2D eigenvalue weighted by atomic mass is 19.4. The topological polar surface area (TPSA) is 51.7 Å². The van der Waals surface area contributed by atoms with Crippen molar-refractivity contribution in [3.63, 3.8) is 0 Å². The van der Waals surface area contributed by atoms with E-state index in [0.717, 1.165) is 36.3 Å². The Morgan fingerprint density at radius 3 is 2.36 bits per heavy atom. The molecule has 0 radical (unpaired) electrons. The molecule has 0 aliphatic heterocycles. The van der Waals surface area contributed by atoms with E-state index in [1.165, 1.54) is 23.9 Å². The number of alkyl halides is 3. The quantitative estimate of drug-likeness (QED) is 0.359. The van der Waals surface area contributed by atoms with Crippen LogP contribution in [0.25, 0.3) is 0 Å². The number of carbonyl (C=O) groups excluding carboxylic acids is 1. The molecule has 1 amide bonds. The lowest BCUT2D eigenvalue weighted by Crippen LogP contribution is -2.41. The summed E-state index contributed by atoms with van der Waals surface area (Å²) in [6.07, 6.45) is -0.0643. The minimum absolute atomic E-state index is 0.0244. The number of carbonyl (C=O) groups is 1. The largest absolute Gasteiger partial charge is 0.496 e. The maximum absolute atomic E-state index is 13.5. The number of pyridine rings is 1. The molecule has 190 valence electrons. The standard InChI is InChI=1S/C28H29F3N2O3/c1-35-26-12-6-5-10-23(26)21-13-15-22(16-14-21)36-19-24-25(11-7-17-32-24)33(27(34)28(29,30)31)18-20-8-3-2-4-9-20/h2-12,17,21-22H,13-16,18-19H2,1H3. The Labute approximate surface area is 208 Å². The molecule has 1 fully saturated rings. The summed E-state index contributed by atoms with van der Waals surface area (Å²) in [5, 5.41) is 0. The fourth-order valence-electron chi connectivity index (χ4n) is 4.71. The fraction of sp³-hybridized carbons (Fsp3) is 0.357. The Kier molecular flexibility index (Phi) is 8.25. The third-order valence-corrected chi connectivity index (χ3v) is 6.54. The lowest BCUT2D eigenvalue weighted by Gasteiger charge is -2.30. The van der Waals surface area contributed by atoms with Crippen LogP contribution in [0.5, 0.6) is 5.75 Å². The first-order chi connectivity index (χ1) is 17.4. The molecule has 36 heavy (non-hydrogen) atoms. The highest BCUT2D eigenvalue weighted by Gasteiger charge is 2.43. The van der Waals surface area contributed by atoms with Gasteiger partial charge in [-0.15, -0.1) is 0 Å². The van der Waals surface area contributed by atoms with Crippen molar-refractivity contribution in [2.45, 2.75) is 57.0 Å². The van der Waals surface area contributed by atoms with Crippen LogP contribution in [-0.2, 0) is 22.7 Å². The molecule has 0 atom stereocenters. The first-order valence-corrected chi connectivity index (χ1v) is 12.0. The van der Waals surface area contributed by atoms with Crippen LogP contribution >= 0.6 is 0 Å². The predicted octanol–water partition coefficient (Wildman–Crippen LogP) is 6.43. The van der Waals surface area contributed by atoms with Crippen LogP contribution in [0.1, 0.15) is 48.4 Å². The van der Waals surface area contributed by atoms with Crippen molar-refractivity contribution in [3.05, 3.63) is 89.7 Å². The van der Waals surface area contributed by atoms with Crippen LogP contribution in [0.2, 0.25) is 0 Å². The van der Waals surface area contributed by atoms with Gasteiger partial charge in [0.15, 0.2) is 0 Å². The third kappa shape index (κ3) is 6.23. The second-order valence-corrected chi connectivity index (χ2v) is 8.87. The Balaban J connectivity index is 1.45. The van der Waals surface area contributed by atoms with E-state index in [1.807, 2.05) is 18.2 Å². The van der Waals surface area contributed by atoms with Gasteiger partial charge in [-0.05, 0) is 60.9 Å². The molecule has 3 aromatic rings. The zero-order valence-electron chi connectivity index (χ0n) is 20.1. The van der Waals surface area contributed by atoms with Gasteiger partial charge >= 0.3 is 12.1 Å². The van der Waals surface area contributed by atoms with E-state index in [4.69, 9.17) is 9.47 Å². The van der Waals surface area contributed by atoms with Gasteiger partial charge in [0, 0.05) is 6.20 Å². The van der Waals surface area contributed by atoms with Crippen LogP contribution < -0.4 is 9.64 Å². The second kappa shape index (κ2) is 11.6. The second-order valence-electron chi connectivity index (χ2n) is 8.87. The van der Waals surface area contributed by atoms with Crippen LogP contribution in [0.4, 0.5) is 18.9 Å². The Hall–Kier alpha value is -3.39. The third-order valence-electron chi connectivity index (χ3n) is 6.54. The fourth-order valence-corrected chi connectivity index (χ4v) is 4.71. The van der Waals surface area contributed by atoms with Crippen molar-refractivity contribution in [2.24, 2.45) is 0 Å². The van der Waals surface area contributed by atoms with E-state index in [1.54, 1.807) is 37.4 Å². The molecular formula is C28H29F3N2O3. The summed E-state index contributed by atoms with van der Waals surface area (Å²) >= 11 is 0. The Bertz CT molecular complexity index is 1150. The number of nitrogens with zero attached hydrogens (tertiary/aromatic N) is 2. The Morgan fingerprint density at radius 2 is 1.67 bits per heavy atom. The average Bonchev–Trinajstić information content (AvgIpc) is 2.91. The number of benzene rings is 2. The van der Waals surface area contributed by atoms with E-state index >= 15 is 0 Å². The molecule has 2 aromatic carbocycles. The highest BCUT2D eigenvalue weighted by Crippen LogP contribution is 2.38. The highest BCUT2D eigenvalue weighted by molar-refractivity contribution is 5.97. The number of anilines is 1. The van der Waals surface area contributed by atoms with Crippen molar-refractivity contribution < 1.29 is 27.4 Å². The van der Waals surface area contributed by atoms with Gasteiger partial charge in [-0.25, -0.2) is 0 Å². The summed E-state index contributed by atoms with van der Waals surface area (Å²) in [4.78, 5) is 17.4. The van der Waals surface area contributed by atoms with E-state index in [0.29, 0.717) is 17.2 Å². The number of ether oxygens (including phenoxy) is 2. The summed E-state index contributed by atoms with van der Waals surface area (Å²) in [5.41, 5.74) is 2.18. The number of aromatic nitrogens is 1. The molecule has 4 rings (SSSR count). The van der Waals surface area contributed by atoms with E-state index in [9.17, 15) is 18.0 Å². The number of rotatable bonds is 8.